The number of aromatic nitrogens is 1. The second-order valence-corrected chi connectivity index (χ2v) is 8.00. The summed E-state index contributed by atoms with van der Waals surface area (Å²) < 4.78 is 28.7. The van der Waals surface area contributed by atoms with E-state index in [1.54, 1.807) is 19.1 Å². The second-order valence-electron chi connectivity index (χ2n) is 8.00. The normalized spacial score (nSPS) is 23.5. The molecule has 1 amide bonds. The number of nitrogens with two attached hydrogens (primary N) is 1. The summed E-state index contributed by atoms with van der Waals surface area (Å²) in [6.45, 7) is 2.07. The quantitative estimate of drug-likeness (QED) is 0.619. The number of nitrogens with zero attached hydrogens (tertiary/aromatic N) is 3. The molecular weight excluding hydrogens is 416 g/mol. The Morgan fingerprint density at radius 1 is 1.34 bits per heavy atom. The molecule has 2 atom stereocenters. The number of halogens is 2. The molecule has 0 bridgehead atoms. The molecule has 0 spiro atoms. The summed E-state index contributed by atoms with van der Waals surface area (Å²) in [7, 11) is 0. The maximum absolute atomic E-state index is 14.6. The highest BCUT2D eigenvalue weighted by Crippen LogP contribution is 2.29. The number of pyridine rings is 1. The summed E-state index contributed by atoms with van der Waals surface area (Å²) in [5, 5.41) is 12.8. The van der Waals surface area contributed by atoms with Gasteiger partial charge >= 0.3 is 0 Å². The molecule has 2 fully saturated rings. The number of rotatable bonds is 5. The van der Waals surface area contributed by atoms with Crippen LogP contribution in [0.15, 0.2) is 47.2 Å². The summed E-state index contributed by atoms with van der Waals surface area (Å²) in [6, 6.07) is 6.12. The van der Waals surface area contributed by atoms with E-state index in [2.05, 4.69) is 15.3 Å². The lowest BCUT2D eigenvalue weighted by Crippen LogP contribution is -2.43. The molecule has 1 aromatic carbocycles. The van der Waals surface area contributed by atoms with Gasteiger partial charge in [0, 0.05) is 30.8 Å². The fourth-order valence-corrected chi connectivity index (χ4v) is 3.88. The van der Waals surface area contributed by atoms with Gasteiger partial charge in [-0.05, 0) is 31.4 Å². The van der Waals surface area contributed by atoms with Crippen LogP contribution in [0, 0.1) is 18.6 Å². The number of aliphatic hydroxyl groups is 1. The predicted molar refractivity (Wildman–Crippen MR) is 118 cm³/mol. The molecule has 1 aliphatic carbocycles. The third kappa shape index (κ3) is 4.20. The van der Waals surface area contributed by atoms with E-state index in [1.165, 1.54) is 17.0 Å². The molecule has 4 N–H and O–H groups in total. The molecule has 1 saturated carbocycles. The molecule has 7 nitrogen and oxygen atoms in total. The number of hydrogen-bond acceptors (Lipinski definition) is 6. The Morgan fingerprint density at radius 2 is 2.16 bits per heavy atom. The van der Waals surface area contributed by atoms with Gasteiger partial charge in [-0.3, -0.25) is 9.79 Å². The van der Waals surface area contributed by atoms with Crippen molar-refractivity contribution in [3.05, 3.63) is 65.0 Å². The summed E-state index contributed by atoms with van der Waals surface area (Å²) in [4.78, 5) is 22.9. The van der Waals surface area contributed by atoms with Crippen molar-refractivity contribution in [1.29, 1.82) is 0 Å². The largest absolute Gasteiger partial charge is 0.404 e. The third-order valence-corrected chi connectivity index (χ3v) is 6.00. The monoisotopic (exact) mass is 441 g/mol. The number of piperidine rings is 1. The molecule has 2 unspecified atom stereocenters. The van der Waals surface area contributed by atoms with E-state index < -0.39 is 17.8 Å². The number of amides is 1. The summed E-state index contributed by atoms with van der Waals surface area (Å²) in [5.41, 5.74) is 7.64. The zero-order valence-electron chi connectivity index (χ0n) is 17.7. The fourth-order valence-electron chi connectivity index (χ4n) is 3.88. The van der Waals surface area contributed by atoms with E-state index in [1.807, 2.05) is 0 Å². The molecule has 168 valence electrons. The highest BCUT2D eigenvalue weighted by Gasteiger charge is 2.32. The number of carbonyl (C=O) groups excluding carboxylic acids is 1. The Labute approximate surface area is 184 Å². The van der Waals surface area contributed by atoms with Crippen LogP contribution in [0.25, 0.3) is 0 Å². The fraction of sp³-hybridized carbons (Fsp3) is 0.348. The van der Waals surface area contributed by atoms with Gasteiger partial charge in [-0.1, -0.05) is 12.1 Å². The third-order valence-electron chi connectivity index (χ3n) is 6.00. The first-order valence-corrected chi connectivity index (χ1v) is 10.5. The molecule has 1 aliphatic heterocycles. The van der Waals surface area contributed by atoms with Crippen molar-refractivity contribution in [2.75, 3.05) is 16.8 Å². The molecular formula is C23H25F2N5O2. The number of nitrogens with one attached hydrogen (secondary N) is 1. The van der Waals surface area contributed by atoms with Crippen molar-refractivity contribution in [3.8, 4) is 0 Å². The number of aliphatic imine (C=N–C) groups is 1. The van der Waals surface area contributed by atoms with Gasteiger partial charge in [0.05, 0.1) is 41.9 Å². The van der Waals surface area contributed by atoms with Crippen LogP contribution in [0.2, 0.25) is 0 Å². The smallest absolute Gasteiger partial charge is 0.261 e. The second kappa shape index (κ2) is 9.04. The first-order chi connectivity index (χ1) is 15.4. The Hall–Kier alpha value is -3.33. The maximum Gasteiger partial charge on any atom is 0.261 e. The number of aliphatic hydroxyl groups excluding tert-OH is 1. The van der Waals surface area contributed by atoms with Crippen molar-refractivity contribution in [2.24, 2.45) is 10.7 Å². The Morgan fingerprint density at radius 3 is 2.81 bits per heavy atom. The van der Waals surface area contributed by atoms with Crippen LogP contribution in [0.5, 0.6) is 0 Å². The van der Waals surface area contributed by atoms with Gasteiger partial charge in [0.25, 0.3) is 5.91 Å². The van der Waals surface area contributed by atoms with Gasteiger partial charge in [-0.25, -0.2) is 13.8 Å². The summed E-state index contributed by atoms with van der Waals surface area (Å²) >= 11 is 0. The molecule has 0 radical (unpaired) electrons. The van der Waals surface area contributed by atoms with Gasteiger partial charge in [0.1, 0.15) is 11.6 Å². The van der Waals surface area contributed by atoms with Crippen LogP contribution in [0.1, 0.15) is 30.4 Å². The van der Waals surface area contributed by atoms with Gasteiger partial charge in [-0.15, -0.1) is 0 Å². The standard InChI is InChI=1S/C23H25F2N5O2/c1-13-3-2-4-16(24)15(13)11-27-18-7-8-30(23(32)14(18)10-26)20-9-22(28-12-17(20)25)29-19-5-6-21(19)31/h2-4,9-10,12,19,21,31H,5-8,11,26H2,1H3,(H,28,29)/b14-10+,27-18?. The number of hydrogen-bond donors (Lipinski definition) is 3. The van der Waals surface area contributed by atoms with Crippen molar-refractivity contribution in [1.82, 2.24) is 4.98 Å². The van der Waals surface area contributed by atoms with Crippen molar-refractivity contribution in [2.45, 2.75) is 44.9 Å². The van der Waals surface area contributed by atoms with Crippen LogP contribution in [-0.2, 0) is 11.3 Å². The first kappa shape index (κ1) is 21.9. The van der Waals surface area contributed by atoms with Crippen molar-refractivity contribution < 1.29 is 18.7 Å². The van der Waals surface area contributed by atoms with Crippen LogP contribution >= 0.6 is 0 Å². The molecule has 2 heterocycles. The minimum Gasteiger partial charge on any atom is -0.404 e. The molecule has 4 rings (SSSR count). The van der Waals surface area contributed by atoms with Crippen LogP contribution < -0.4 is 16.0 Å². The lowest BCUT2D eigenvalue weighted by atomic mass is 9.89. The van der Waals surface area contributed by atoms with Crippen molar-refractivity contribution >= 4 is 23.1 Å². The summed E-state index contributed by atoms with van der Waals surface area (Å²) in [6.07, 6.45) is 3.57. The van der Waals surface area contributed by atoms with E-state index >= 15 is 0 Å². The van der Waals surface area contributed by atoms with E-state index in [0.29, 0.717) is 29.9 Å². The highest BCUT2D eigenvalue weighted by atomic mass is 19.1. The highest BCUT2D eigenvalue weighted by molar-refractivity contribution is 6.28. The molecule has 1 saturated heterocycles. The topological polar surface area (TPSA) is 104 Å². The van der Waals surface area contributed by atoms with E-state index in [4.69, 9.17) is 5.73 Å². The SMILES string of the molecule is Cc1cccc(F)c1CN=C1CCN(c2cc(NC3CCC3O)ncc2F)C(=O)/C1=C/N. The molecule has 32 heavy (non-hydrogen) atoms. The average Bonchev–Trinajstić information content (AvgIpc) is 2.77. The van der Waals surface area contributed by atoms with Gasteiger partial charge in [0.2, 0.25) is 0 Å². The Kier molecular flexibility index (Phi) is 6.18. The van der Waals surface area contributed by atoms with Crippen molar-refractivity contribution in [3.63, 3.8) is 0 Å². The van der Waals surface area contributed by atoms with Gasteiger partial charge < -0.3 is 21.1 Å². The maximum atomic E-state index is 14.6. The van der Waals surface area contributed by atoms with E-state index in [9.17, 15) is 18.7 Å². The Bertz CT molecular complexity index is 1080. The van der Waals surface area contributed by atoms with Gasteiger partial charge in [0.15, 0.2) is 5.82 Å². The van der Waals surface area contributed by atoms with Crippen LogP contribution in [0.4, 0.5) is 20.3 Å². The molecule has 9 heteroatoms. The molecule has 2 aromatic rings. The Balaban J connectivity index is 1.55. The van der Waals surface area contributed by atoms with Crippen LogP contribution in [0.3, 0.4) is 0 Å². The number of anilines is 2. The minimum absolute atomic E-state index is 0.0738. The molecule has 2 aliphatic rings. The van der Waals surface area contributed by atoms with Gasteiger partial charge in [-0.2, -0.15) is 0 Å². The zero-order chi connectivity index (χ0) is 22.8. The number of benzene rings is 1. The molecule has 1 aromatic heterocycles. The van der Waals surface area contributed by atoms with Crippen LogP contribution in [-0.4, -0.2) is 40.4 Å². The number of aryl methyl sites for hydroxylation is 1. The first-order valence-electron chi connectivity index (χ1n) is 10.5. The minimum atomic E-state index is -0.642. The summed E-state index contributed by atoms with van der Waals surface area (Å²) in [5.74, 6) is -1.10. The predicted octanol–water partition coefficient (Wildman–Crippen LogP) is 2.82. The zero-order valence-corrected chi connectivity index (χ0v) is 17.7. The van der Waals surface area contributed by atoms with E-state index in [-0.39, 0.29) is 36.2 Å². The lowest BCUT2D eigenvalue weighted by molar-refractivity contribution is -0.114. The number of carbonyl (C=O) groups is 1. The lowest BCUT2D eigenvalue weighted by Gasteiger charge is -2.34. The average molecular weight is 441 g/mol. The van der Waals surface area contributed by atoms with E-state index in [0.717, 1.165) is 24.4 Å².